The molecule has 0 aromatic heterocycles. The van der Waals surface area contributed by atoms with Gasteiger partial charge in [-0.15, -0.1) is 0 Å². The maximum atomic E-state index is 11.2. The summed E-state index contributed by atoms with van der Waals surface area (Å²) >= 11 is 0. The zero-order chi connectivity index (χ0) is 11.8. The number of hydrogen-bond acceptors (Lipinski definition) is 3. The number of hydrogen-bond donors (Lipinski definition) is 1. The Balaban J connectivity index is 2.25. The van der Waals surface area contributed by atoms with Gasteiger partial charge < -0.3 is 14.8 Å². The number of methoxy groups -OCH3 is 1. The van der Waals surface area contributed by atoms with Crippen LogP contribution in [0.3, 0.4) is 0 Å². The third-order valence-electron chi connectivity index (χ3n) is 1.93. The zero-order valence-electron chi connectivity index (χ0n) is 9.60. The first-order valence-corrected chi connectivity index (χ1v) is 5.18. The predicted octanol–water partition coefficient (Wildman–Crippen LogP) is 1.22. The van der Waals surface area contributed by atoms with Crippen LogP contribution in [0.2, 0.25) is 0 Å². The molecule has 0 radical (unpaired) electrons. The van der Waals surface area contributed by atoms with Crippen molar-refractivity contribution in [1.82, 2.24) is 5.32 Å². The van der Waals surface area contributed by atoms with E-state index in [0.29, 0.717) is 6.61 Å². The minimum absolute atomic E-state index is 0.0390. The number of amides is 1. The fraction of sp³-hybridized carbons (Fsp3) is 0.417. The predicted molar refractivity (Wildman–Crippen MR) is 61.4 cm³/mol. The number of rotatable bonds is 6. The third kappa shape index (κ3) is 4.79. The molecule has 4 heteroatoms. The highest BCUT2D eigenvalue weighted by Crippen LogP contribution is 2.08. The zero-order valence-corrected chi connectivity index (χ0v) is 9.60. The van der Waals surface area contributed by atoms with Gasteiger partial charge in [-0.1, -0.05) is 18.2 Å². The van der Waals surface area contributed by atoms with Crippen molar-refractivity contribution in [2.75, 3.05) is 20.3 Å². The summed E-state index contributed by atoms with van der Waals surface area (Å²) in [5, 5.41) is 2.76. The van der Waals surface area contributed by atoms with Gasteiger partial charge in [-0.05, 0) is 19.1 Å². The summed E-state index contributed by atoms with van der Waals surface area (Å²) in [6.07, 6.45) is 0. The average Bonchev–Trinajstić information content (AvgIpc) is 2.28. The van der Waals surface area contributed by atoms with Gasteiger partial charge in [-0.25, -0.2) is 0 Å². The minimum Gasteiger partial charge on any atom is -0.491 e. The molecule has 0 saturated carbocycles. The van der Waals surface area contributed by atoms with E-state index in [0.717, 1.165) is 5.75 Å². The van der Waals surface area contributed by atoms with E-state index < -0.39 is 0 Å². The smallest absolute Gasteiger partial charge is 0.246 e. The first-order valence-electron chi connectivity index (χ1n) is 5.18. The summed E-state index contributed by atoms with van der Waals surface area (Å²) in [7, 11) is 1.49. The molecule has 1 rings (SSSR count). The van der Waals surface area contributed by atoms with Crippen molar-refractivity contribution in [2.24, 2.45) is 0 Å². The van der Waals surface area contributed by atoms with Gasteiger partial charge in [0.25, 0.3) is 0 Å². The molecule has 1 aromatic rings. The molecule has 1 aromatic carbocycles. The first kappa shape index (κ1) is 12.5. The molecule has 0 aliphatic rings. The normalized spacial score (nSPS) is 11.9. The quantitative estimate of drug-likeness (QED) is 0.788. The fourth-order valence-electron chi connectivity index (χ4n) is 1.23. The highest BCUT2D eigenvalue weighted by molar-refractivity contribution is 5.77. The van der Waals surface area contributed by atoms with E-state index in [9.17, 15) is 4.79 Å². The van der Waals surface area contributed by atoms with Gasteiger partial charge in [0.15, 0.2) is 0 Å². The highest BCUT2D eigenvalue weighted by Gasteiger charge is 2.07. The summed E-state index contributed by atoms with van der Waals surface area (Å²) in [5.41, 5.74) is 0. The van der Waals surface area contributed by atoms with Crippen molar-refractivity contribution in [3.8, 4) is 5.75 Å². The van der Waals surface area contributed by atoms with Crippen molar-refractivity contribution < 1.29 is 14.3 Å². The molecule has 0 bridgehead atoms. The van der Waals surface area contributed by atoms with Crippen molar-refractivity contribution in [2.45, 2.75) is 13.0 Å². The standard InChI is InChI=1S/C12H17NO3/c1-10(13-12(14)9-15-2)8-16-11-6-4-3-5-7-11/h3-7,10H,8-9H2,1-2H3,(H,13,14). The van der Waals surface area contributed by atoms with E-state index in [1.54, 1.807) is 0 Å². The number of carbonyl (C=O) groups excluding carboxylic acids is 1. The Morgan fingerprint density at radius 3 is 2.69 bits per heavy atom. The van der Waals surface area contributed by atoms with E-state index in [2.05, 4.69) is 5.32 Å². The topological polar surface area (TPSA) is 47.6 Å². The number of ether oxygens (including phenoxy) is 2. The van der Waals surface area contributed by atoms with E-state index in [1.165, 1.54) is 7.11 Å². The number of carbonyl (C=O) groups is 1. The number of para-hydroxylation sites is 1. The van der Waals surface area contributed by atoms with Gasteiger partial charge in [0, 0.05) is 7.11 Å². The summed E-state index contributed by atoms with van der Waals surface area (Å²) in [4.78, 5) is 11.2. The SMILES string of the molecule is COCC(=O)NC(C)COc1ccccc1. The van der Waals surface area contributed by atoms with Crippen molar-refractivity contribution in [3.05, 3.63) is 30.3 Å². The highest BCUT2D eigenvalue weighted by atomic mass is 16.5. The van der Waals surface area contributed by atoms with Gasteiger partial charge in [0.1, 0.15) is 19.0 Å². The van der Waals surface area contributed by atoms with Crippen LogP contribution in [0.25, 0.3) is 0 Å². The second kappa shape index (κ2) is 6.85. The van der Waals surface area contributed by atoms with E-state index in [-0.39, 0.29) is 18.6 Å². The molecule has 1 atom stereocenters. The Morgan fingerprint density at radius 1 is 1.38 bits per heavy atom. The summed E-state index contributed by atoms with van der Waals surface area (Å²) in [6.45, 7) is 2.41. The van der Waals surface area contributed by atoms with Gasteiger partial charge >= 0.3 is 0 Å². The molecular formula is C12H17NO3. The van der Waals surface area contributed by atoms with Crippen LogP contribution >= 0.6 is 0 Å². The maximum absolute atomic E-state index is 11.2. The maximum Gasteiger partial charge on any atom is 0.246 e. The lowest BCUT2D eigenvalue weighted by atomic mass is 10.3. The number of benzene rings is 1. The van der Waals surface area contributed by atoms with Gasteiger partial charge in [-0.3, -0.25) is 4.79 Å². The second-order valence-corrected chi connectivity index (χ2v) is 3.53. The molecule has 0 aliphatic heterocycles. The average molecular weight is 223 g/mol. The van der Waals surface area contributed by atoms with E-state index in [4.69, 9.17) is 9.47 Å². The Labute approximate surface area is 95.6 Å². The lowest BCUT2D eigenvalue weighted by molar-refractivity contribution is -0.125. The molecule has 0 heterocycles. The molecule has 88 valence electrons. The molecule has 16 heavy (non-hydrogen) atoms. The molecule has 0 spiro atoms. The molecular weight excluding hydrogens is 206 g/mol. The molecule has 0 fully saturated rings. The van der Waals surface area contributed by atoms with Gasteiger partial charge in [0.2, 0.25) is 5.91 Å². The molecule has 4 nitrogen and oxygen atoms in total. The van der Waals surface area contributed by atoms with Crippen LogP contribution in [-0.2, 0) is 9.53 Å². The largest absolute Gasteiger partial charge is 0.491 e. The molecule has 1 amide bonds. The summed E-state index contributed by atoms with van der Waals surface area (Å²) in [6, 6.07) is 9.46. The van der Waals surface area contributed by atoms with E-state index in [1.807, 2.05) is 37.3 Å². The van der Waals surface area contributed by atoms with Crippen LogP contribution in [0, 0.1) is 0 Å². The Bertz CT molecular complexity index is 313. The fourth-order valence-corrected chi connectivity index (χ4v) is 1.23. The molecule has 1 N–H and O–H groups in total. The summed E-state index contributed by atoms with van der Waals surface area (Å²) < 4.78 is 10.2. The first-order chi connectivity index (χ1) is 7.72. The Hall–Kier alpha value is -1.55. The lowest BCUT2D eigenvalue weighted by Gasteiger charge is -2.14. The van der Waals surface area contributed by atoms with Crippen LogP contribution in [0.5, 0.6) is 5.75 Å². The van der Waals surface area contributed by atoms with E-state index >= 15 is 0 Å². The summed E-state index contributed by atoms with van der Waals surface area (Å²) in [5.74, 6) is 0.669. The molecule has 1 unspecified atom stereocenters. The van der Waals surface area contributed by atoms with Gasteiger partial charge in [0.05, 0.1) is 6.04 Å². The van der Waals surface area contributed by atoms with Crippen molar-refractivity contribution in [1.29, 1.82) is 0 Å². The lowest BCUT2D eigenvalue weighted by Crippen LogP contribution is -2.38. The van der Waals surface area contributed by atoms with Crippen LogP contribution in [0.15, 0.2) is 30.3 Å². The van der Waals surface area contributed by atoms with Crippen LogP contribution in [0.4, 0.5) is 0 Å². The van der Waals surface area contributed by atoms with Crippen molar-refractivity contribution >= 4 is 5.91 Å². The number of nitrogens with one attached hydrogen (secondary N) is 1. The van der Waals surface area contributed by atoms with Crippen LogP contribution in [-0.4, -0.2) is 32.3 Å². The monoisotopic (exact) mass is 223 g/mol. The third-order valence-corrected chi connectivity index (χ3v) is 1.93. The molecule has 0 aliphatic carbocycles. The minimum atomic E-state index is -0.133. The van der Waals surface area contributed by atoms with Crippen LogP contribution in [0.1, 0.15) is 6.92 Å². The molecule has 0 saturated heterocycles. The Morgan fingerprint density at radius 2 is 2.06 bits per heavy atom. The van der Waals surface area contributed by atoms with Gasteiger partial charge in [-0.2, -0.15) is 0 Å². The van der Waals surface area contributed by atoms with Crippen molar-refractivity contribution in [3.63, 3.8) is 0 Å². The second-order valence-electron chi connectivity index (χ2n) is 3.53. The Kier molecular flexibility index (Phi) is 5.36. The van der Waals surface area contributed by atoms with Crippen LogP contribution < -0.4 is 10.1 Å².